The van der Waals surface area contributed by atoms with Gasteiger partial charge in [-0.25, -0.2) is 18.1 Å². The Hall–Kier alpha value is -1.73. The Morgan fingerprint density at radius 2 is 2.12 bits per heavy atom. The number of rotatable bonds is 5. The molecular formula is C18H24N4O2S. The Balaban J connectivity index is 1.45. The average molecular weight is 360 g/mol. The number of sulfone groups is 1. The number of fused-ring (bicyclic) bond motifs is 1. The number of aryl methyl sites for hydroxylation is 2. The second-order valence-corrected chi connectivity index (χ2v) is 9.41. The average Bonchev–Trinajstić information content (AvgIpc) is 3.30. The van der Waals surface area contributed by atoms with Gasteiger partial charge < -0.3 is 4.90 Å². The molecule has 1 atom stereocenters. The van der Waals surface area contributed by atoms with Crippen LogP contribution in [0.3, 0.4) is 0 Å². The van der Waals surface area contributed by atoms with Gasteiger partial charge in [-0.1, -0.05) is 6.07 Å². The maximum absolute atomic E-state index is 11.7. The molecule has 1 aromatic carbocycles. The molecule has 0 unspecified atom stereocenters. The van der Waals surface area contributed by atoms with Crippen LogP contribution < -0.4 is 0 Å². The van der Waals surface area contributed by atoms with Gasteiger partial charge in [0.15, 0.2) is 9.84 Å². The van der Waals surface area contributed by atoms with Crippen molar-refractivity contribution in [1.29, 1.82) is 0 Å². The standard InChI is InChI=1S/C18H24N4O2S/c1-21(17-8-10-25(23,24)12-17)9-7-18-19-13-20-22(18)16-6-5-14-3-2-4-15(14)11-16/h5-6,11,13,17H,2-4,7-10,12H2,1H3/t17-/m0/s1. The normalized spacial score (nSPS) is 21.8. The third-order valence-corrected chi connectivity index (χ3v) is 7.22. The lowest BCUT2D eigenvalue weighted by atomic mass is 10.1. The predicted molar refractivity (Wildman–Crippen MR) is 96.8 cm³/mol. The first-order valence-electron chi connectivity index (χ1n) is 8.93. The Kier molecular flexibility index (Phi) is 4.37. The van der Waals surface area contributed by atoms with Crippen molar-refractivity contribution in [3.8, 4) is 5.69 Å². The molecule has 0 amide bonds. The van der Waals surface area contributed by atoms with E-state index in [1.54, 1.807) is 6.33 Å². The molecule has 25 heavy (non-hydrogen) atoms. The molecule has 134 valence electrons. The van der Waals surface area contributed by atoms with Crippen LogP contribution in [0.4, 0.5) is 0 Å². The minimum absolute atomic E-state index is 0.126. The zero-order valence-electron chi connectivity index (χ0n) is 14.6. The lowest BCUT2D eigenvalue weighted by Gasteiger charge is -2.22. The van der Waals surface area contributed by atoms with Crippen molar-refractivity contribution in [2.75, 3.05) is 25.1 Å². The van der Waals surface area contributed by atoms with Crippen molar-refractivity contribution in [1.82, 2.24) is 19.7 Å². The Bertz CT molecular complexity index is 875. The molecule has 0 spiro atoms. The van der Waals surface area contributed by atoms with Crippen molar-refractivity contribution in [3.63, 3.8) is 0 Å². The molecule has 0 N–H and O–H groups in total. The molecule has 4 rings (SSSR count). The highest BCUT2D eigenvalue weighted by Gasteiger charge is 2.30. The molecule has 1 fully saturated rings. The molecule has 2 aliphatic rings. The SMILES string of the molecule is CN(CCc1ncnn1-c1ccc2c(c1)CCC2)[C@H]1CCS(=O)(=O)C1. The van der Waals surface area contributed by atoms with Crippen LogP contribution in [-0.2, 0) is 29.1 Å². The van der Waals surface area contributed by atoms with Crippen molar-refractivity contribution >= 4 is 9.84 Å². The van der Waals surface area contributed by atoms with Crippen molar-refractivity contribution in [3.05, 3.63) is 41.5 Å². The molecule has 7 heteroatoms. The number of likely N-dealkylation sites (N-methyl/N-ethyl adjacent to an activating group) is 1. The summed E-state index contributed by atoms with van der Waals surface area (Å²) in [6.07, 6.45) is 6.64. The highest BCUT2D eigenvalue weighted by molar-refractivity contribution is 7.91. The van der Waals surface area contributed by atoms with Crippen LogP contribution in [0.2, 0.25) is 0 Å². The summed E-state index contributed by atoms with van der Waals surface area (Å²) in [7, 11) is -0.843. The quantitative estimate of drug-likeness (QED) is 0.807. The maximum Gasteiger partial charge on any atom is 0.151 e. The van der Waals surface area contributed by atoms with Gasteiger partial charge in [0.1, 0.15) is 12.2 Å². The van der Waals surface area contributed by atoms with E-state index in [0.29, 0.717) is 5.75 Å². The molecule has 2 aromatic rings. The fourth-order valence-corrected chi connectivity index (χ4v) is 5.73. The number of aromatic nitrogens is 3. The van der Waals surface area contributed by atoms with Crippen molar-refractivity contribution in [2.24, 2.45) is 0 Å². The summed E-state index contributed by atoms with van der Waals surface area (Å²) in [5.74, 6) is 1.51. The summed E-state index contributed by atoms with van der Waals surface area (Å²) in [6.45, 7) is 0.782. The van der Waals surface area contributed by atoms with Crippen LogP contribution in [0, 0.1) is 0 Å². The van der Waals surface area contributed by atoms with E-state index in [1.165, 1.54) is 24.0 Å². The van der Waals surface area contributed by atoms with Crippen LogP contribution in [0.1, 0.15) is 29.8 Å². The van der Waals surface area contributed by atoms with Gasteiger partial charge in [0.25, 0.3) is 0 Å². The van der Waals surface area contributed by atoms with Crippen molar-refractivity contribution < 1.29 is 8.42 Å². The first kappa shape index (κ1) is 16.7. The lowest BCUT2D eigenvalue weighted by Crippen LogP contribution is -2.34. The Morgan fingerprint density at radius 3 is 2.92 bits per heavy atom. The third-order valence-electron chi connectivity index (χ3n) is 5.46. The molecule has 1 aliphatic heterocycles. The van der Waals surface area contributed by atoms with E-state index in [1.807, 2.05) is 11.7 Å². The summed E-state index contributed by atoms with van der Waals surface area (Å²) in [5, 5.41) is 4.40. The van der Waals surface area contributed by atoms with Crippen molar-refractivity contribution in [2.45, 2.75) is 38.1 Å². The summed E-state index contributed by atoms with van der Waals surface area (Å²) < 4.78 is 25.2. The zero-order valence-corrected chi connectivity index (χ0v) is 15.4. The molecule has 0 bridgehead atoms. The summed E-state index contributed by atoms with van der Waals surface area (Å²) in [4.78, 5) is 6.57. The Morgan fingerprint density at radius 1 is 1.28 bits per heavy atom. The van der Waals surface area contributed by atoms with E-state index in [4.69, 9.17) is 0 Å². The monoisotopic (exact) mass is 360 g/mol. The minimum atomic E-state index is -2.84. The van der Waals surface area contributed by atoms with E-state index in [2.05, 4.69) is 33.2 Å². The number of benzene rings is 1. The lowest BCUT2D eigenvalue weighted by molar-refractivity contribution is 0.263. The second-order valence-electron chi connectivity index (χ2n) is 7.18. The number of hydrogen-bond donors (Lipinski definition) is 0. The predicted octanol–water partition coefficient (Wildman–Crippen LogP) is 1.42. The van der Waals surface area contributed by atoms with Gasteiger partial charge in [0.2, 0.25) is 0 Å². The van der Waals surface area contributed by atoms with E-state index in [-0.39, 0.29) is 11.8 Å². The Labute approximate surface area is 148 Å². The fraction of sp³-hybridized carbons (Fsp3) is 0.556. The van der Waals surface area contributed by atoms with Gasteiger partial charge in [-0.05, 0) is 56.0 Å². The molecule has 1 saturated heterocycles. The van der Waals surface area contributed by atoms with E-state index >= 15 is 0 Å². The molecule has 0 radical (unpaired) electrons. The number of nitrogens with zero attached hydrogens (tertiary/aromatic N) is 4. The van der Waals surface area contributed by atoms with Gasteiger partial charge in [0, 0.05) is 19.0 Å². The second kappa shape index (κ2) is 6.53. The first-order chi connectivity index (χ1) is 12.0. The molecule has 0 saturated carbocycles. The van der Waals surface area contributed by atoms with Crippen LogP contribution in [0.15, 0.2) is 24.5 Å². The van der Waals surface area contributed by atoms with Crippen LogP contribution >= 0.6 is 0 Å². The zero-order chi connectivity index (χ0) is 17.4. The molecule has 6 nitrogen and oxygen atoms in total. The van der Waals surface area contributed by atoms with Crippen LogP contribution in [-0.4, -0.2) is 59.2 Å². The third kappa shape index (κ3) is 3.48. The van der Waals surface area contributed by atoms with Crippen LogP contribution in [0.5, 0.6) is 0 Å². The van der Waals surface area contributed by atoms with Gasteiger partial charge in [-0.2, -0.15) is 5.10 Å². The van der Waals surface area contributed by atoms with E-state index < -0.39 is 9.84 Å². The molecule has 1 aromatic heterocycles. The summed E-state index contributed by atoms with van der Waals surface area (Å²) in [5.41, 5.74) is 3.94. The molecule has 2 heterocycles. The largest absolute Gasteiger partial charge is 0.302 e. The van der Waals surface area contributed by atoms with Gasteiger partial charge in [-0.15, -0.1) is 0 Å². The van der Waals surface area contributed by atoms with Crippen LogP contribution in [0.25, 0.3) is 5.69 Å². The van der Waals surface area contributed by atoms with Gasteiger partial charge >= 0.3 is 0 Å². The van der Waals surface area contributed by atoms with E-state index in [0.717, 1.165) is 37.3 Å². The number of hydrogen-bond acceptors (Lipinski definition) is 5. The van der Waals surface area contributed by atoms with Gasteiger partial charge in [-0.3, -0.25) is 0 Å². The highest BCUT2D eigenvalue weighted by atomic mass is 32.2. The fourth-order valence-electron chi connectivity index (χ4n) is 3.92. The summed E-state index contributed by atoms with van der Waals surface area (Å²) in [6, 6.07) is 6.68. The smallest absolute Gasteiger partial charge is 0.151 e. The first-order valence-corrected chi connectivity index (χ1v) is 10.8. The molecule has 1 aliphatic carbocycles. The molecular weight excluding hydrogens is 336 g/mol. The highest BCUT2D eigenvalue weighted by Crippen LogP contribution is 2.24. The maximum atomic E-state index is 11.7. The minimum Gasteiger partial charge on any atom is -0.302 e. The van der Waals surface area contributed by atoms with Gasteiger partial charge in [0.05, 0.1) is 17.2 Å². The summed E-state index contributed by atoms with van der Waals surface area (Å²) >= 11 is 0. The topological polar surface area (TPSA) is 68.1 Å². The van der Waals surface area contributed by atoms with E-state index in [9.17, 15) is 8.42 Å².